The Morgan fingerprint density at radius 3 is 2.12 bits per heavy atom. The van der Waals surface area contributed by atoms with Gasteiger partial charge in [-0.3, -0.25) is 9.59 Å². The molecule has 1 aromatic rings. The number of anilines is 1. The van der Waals surface area contributed by atoms with E-state index in [0.29, 0.717) is 23.6 Å². The summed E-state index contributed by atoms with van der Waals surface area (Å²) >= 11 is 0. The van der Waals surface area contributed by atoms with Crippen molar-refractivity contribution >= 4 is 18.1 Å². The molecular formula is C11H13NO5. The third kappa shape index (κ3) is 3.10. The third-order valence-electron chi connectivity index (χ3n) is 1.93. The molecule has 0 radical (unpaired) electrons. The first-order chi connectivity index (χ1) is 8.12. The first-order valence-corrected chi connectivity index (χ1v) is 4.77. The zero-order chi connectivity index (χ0) is 12.8. The van der Waals surface area contributed by atoms with Crippen molar-refractivity contribution in [1.29, 1.82) is 0 Å². The summed E-state index contributed by atoms with van der Waals surface area (Å²) in [4.78, 5) is 21.3. The molecular weight excluding hydrogens is 226 g/mol. The van der Waals surface area contributed by atoms with E-state index >= 15 is 0 Å². The molecule has 17 heavy (non-hydrogen) atoms. The van der Waals surface area contributed by atoms with E-state index < -0.39 is 5.97 Å². The second-order valence-corrected chi connectivity index (χ2v) is 3.07. The van der Waals surface area contributed by atoms with Gasteiger partial charge in [-0.15, -0.1) is 0 Å². The Balaban J connectivity index is 3.24. The quantitative estimate of drug-likeness (QED) is 0.474. The maximum absolute atomic E-state index is 11.0. The minimum Gasteiger partial charge on any atom is -0.493 e. The lowest BCUT2D eigenvalue weighted by Crippen LogP contribution is -2.05. The average Bonchev–Trinajstić information content (AvgIpc) is 2.30. The van der Waals surface area contributed by atoms with Gasteiger partial charge >= 0.3 is 5.97 Å². The van der Waals surface area contributed by atoms with E-state index in [-0.39, 0.29) is 5.75 Å². The van der Waals surface area contributed by atoms with Crippen molar-refractivity contribution in [2.45, 2.75) is 6.92 Å². The Labute approximate surface area is 98.5 Å². The highest BCUT2D eigenvalue weighted by atomic mass is 16.6. The Morgan fingerprint density at radius 2 is 1.76 bits per heavy atom. The van der Waals surface area contributed by atoms with E-state index in [1.165, 1.54) is 33.3 Å². The molecule has 1 amide bonds. The van der Waals surface area contributed by atoms with Gasteiger partial charge in [-0.1, -0.05) is 0 Å². The van der Waals surface area contributed by atoms with Crippen molar-refractivity contribution in [3.8, 4) is 17.2 Å². The molecule has 0 bridgehead atoms. The lowest BCUT2D eigenvalue weighted by atomic mass is 10.2. The zero-order valence-corrected chi connectivity index (χ0v) is 9.77. The first-order valence-electron chi connectivity index (χ1n) is 4.77. The van der Waals surface area contributed by atoms with Crippen LogP contribution in [0.1, 0.15) is 6.92 Å². The highest BCUT2D eigenvalue weighted by molar-refractivity contribution is 5.77. The predicted molar refractivity (Wildman–Crippen MR) is 60.5 cm³/mol. The van der Waals surface area contributed by atoms with Gasteiger partial charge in [0.1, 0.15) is 0 Å². The number of carbonyl (C=O) groups excluding carboxylic acids is 2. The molecule has 0 saturated heterocycles. The van der Waals surface area contributed by atoms with Crippen LogP contribution in [0.4, 0.5) is 5.69 Å². The van der Waals surface area contributed by atoms with Gasteiger partial charge in [0, 0.05) is 24.7 Å². The molecule has 6 nitrogen and oxygen atoms in total. The van der Waals surface area contributed by atoms with Gasteiger partial charge in [0.2, 0.25) is 12.2 Å². The van der Waals surface area contributed by atoms with Crippen molar-refractivity contribution in [2.24, 2.45) is 0 Å². The molecule has 0 spiro atoms. The molecule has 92 valence electrons. The summed E-state index contributed by atoms with van der Waals surface area (Å²) < 4.78 is 15.1. The SMILES string of the molecule is COc1cc(NC=O)cc(OC)c1OC(C)=O. The van der Waals surface area contributed by atoms with Crippen molar-refractivity contribution in [3.63, 3.8) is 0 Å². The molecule has 6 heteroatoms. The molecule has 1 aromatic carbocycles. The number of hydrogen-bond donors (Lipinski definition) is 1. The molecule has 0 heterocycles. The number of rotatable bonds is 5. The summed E-state index contributed by atoms with van der Waals surface area (Å²) in [5, 5.41) is 2.46. The molecule has 0 aromatic heterocycles. The van der Waals surface area contributed by atoms with Crippen LogP contribution in [0, 0.1) is 0 Å². The lowest BCUT2D eigenvalue weighted by Gasteiger charge is -2.13. The standard InChI is InChI=1S/C11H13NO5/c1-7(14)17-11-9(15-2)4-8(12-6-13)5-10(11)16-3/h4-6H,1-3H3,(H,12,13). The van der Waals surface area contributed by atoms with Crippen LogP contribution in [-0.4, -0.2) is 26.6 Å². The van der Waals surface area contributed by atoms with Crippen molar-refractivity contribution < 1.29 is 23.8 Å². The van der Waals surface area contributed by atoms with Gasteiger partial charge in [0.15, 0.2) is 11.5 Å². The summed E-state index contributed by atoms with van der Waals surface area (Å²) in [6, 6.07) is 3.05. The highest BCUT2D eigenvalue weighted by Gasteiger charge is 2.15. The Kier molecular flexibility index (Phi) is 4.33. The largest absolute Gasteiger partial charge is 0.493 e. The number of amides is 1. The van der Waals surface area contributed by atoms with Crippen molar-refractivity contribution in [2.75, 3.05) is 19.5 Å². The van der Waals surface area contributed by atoms with Crippen LogP contribution in [0.2, 0.25) is 0 Å². The van der Waals surface area contributed by atoms with Crippen LogP contribution in [0.5, 0.6) is 17.2 Å². The van der Waals surface area contributed by atoms with E-state index in [2.05, 4.69) is 5.32 Å². The van der Waals surface area contributed by atoms with Gasteiger partial charge in [-0.25, -0.2) is 0 Å². The fraction of sp³-hybridized carbons (Fsp3) is 0.273. The van der Waals surface area contributed by atoms with Crippen LogP contribution in [0.15, 0.2) is 12.1 Å². The number of hydrogen-bond acceptors (Lipinski definition) is 5. The Hall–Kier alpha value is -2.24. The smallest absolute Gasteiger partial charge is 0.308 e. The number of nitrogens with one attached hydrogen (secondary N) is 1. The predicted octanol–water partition coefficient (Wildman–Crippen LogP) is 1.20. The molecule has 0 aliphatic rings. The van der Waals surface area contributed by atoms with E-state index in [1.807, 2.05) is 0 Å². The molecule has 0 fully saturated rings. The van der Waals surface area contributed by atoms with Gasteiger partial charge in [0.25, 0.3) is 0 Å². The Bertz CT molecular complexity index is 405. The van der Waals surface area contributed by atoms with Crippen LogP contribution in [-0.2, 0) is 9.59 Å². The molecule has 1 rings (SSSR count). The molecule has 0 aliphatic heterocycles. The second-order valence-electron chi connectivity index (χ2n) is 3.07. The minimum atomic E-state index is -0.488. The van der Waals surface area contributed by atoms with Crippen LogP contribution < -0.4 is 19.5 Å². The topological polar surface area (TPSA) is 73.9 Å². The van der Waals surface area contributed by atoms with E-state index in [9.17, 15) is 9.59 Å². The lowest BCUT2D eigenvalue weighted by molar-refractivity contribution is -0.132. The van der Waals surface area contributed by atoms with E-state index in [0.717, 1.165) is 0 Å². The number of esters is 1. The fourth-order valence-corrected chi connectivity index (χ4v) is 1.28. The highest BCUT2D eigenvalue weighted by Crippen LogP contribution is 2.40. The van der Waals surface area contributed by atoms with Crippen LogP contribution >= 0.6 is 0 Å². The summed E-state index contributed by atoms with van der Waals surface area (Å²) in [7, 11) is 2.85. The van der Waals surface area contributed by atoms with Gasteiger partial charge in [-0.05, 0) is 0 Å². The maximum Gasteiger partial charge on any atom is 0.308 e. The molecule has 0 unspecified atom stereocenters. The number of benzene rings is 1. The number of methoxy groups -OCH3 is 2. The van der Waals surface area contributed by atoms with Crippen molar-refractivity contribution in [3.05, 3.63) is 12.1 Å². The second kappa shape index (κ2) is 5.74. The van der Waals surface area contributed by atoms with Crippen molar-refractivity contribution in [1.82, 2.24) is 0 Å². The van der Waals surface area contributed by atoms with Crippen LogP contribution in [0.3, 0.4) is 0 Å². The summed E-state index contributed by atoms with van der Waals surface area (Å²) in [5.74, 6) is 0.282. The Morgan fingerprint density at radius 1 is 1.24 bits per heavy atom. The molecule has 0 aliphatic carbocycles. The summed E-state index contributed by atoms with van der Waals surface area (Å²) in [6.07, 6.45) is 0.527. The summed E-state index contributed by atoms with van der Waals surface area (Å²) in [6.45, 7) is 1.27. The van der Waals surface area contributed by atoms with Crippen LogP contribution in [0.25, 0.3) is 0 Å². The molecule has 0 atom stereocenters. The third-order valence-corrected chi connectivity index (χ3v) is 1.93. The fourth-order valence-electron chi connectivity index (χ4n) is 1.28. The number of carbonyl (C=O) groups is 2. The maximum atomic E-state index is 11.0. The zero-order valence-electron chi connectivity index (χ0n) is 9.77. The average molecular weight is 239 g/mol. The first kappa shape index (κ1) is 12.8. The molecule has 1 N–H and O–H groups in total. The minimum absolute atomic E-state index is 0.180. The molecule has 0 saturated carbocycles. The summed E-state index contributed by atoms with van der Waals surface area (Å²) in [5.41, 5.74) is 0.476. The van der Waals surface area contributed by atoms with E-state index in [1.54, 1.807) is 0 Å². The van der Waals surface area contributed by atoms with E-state index in [4.69, 9.17) is 14.2 Å². The monoisotopic (exact) mass is 239 g/mol. The normalized spacial score (nSPS) is 9.35. The van der Waals surface area contributed by atoms with Gasteiger partial charge in [-0.2, -0.15) is 0 Å². The van der Waals surface area contributed by atoms with Gasteiger partial charge in [0.05, 0.1) is 14.2 Å². The van der Waals surface area contributed by atoms with Gasteiger partial charge < -0.3 is 19.5 Å². The number of ether oxygens (including phenoxy) is 3.